The second-order valence-corrected chi connectivity index (χ2v) is 7.95. The first kappa shape index (κ1) is 19.7. The molecule has 6 heteroatoms. The van der Waals surface area contributed by atoms with Crippen molar-refractivity contribution in [2.45, 2.75) is 51.6 Å². The van der Waals surface area contributed by atoms with Gasteiger partial charge in [-0.2, -0.15) is 5.10 Å². The van der Waals surface area contributed by atoms with Gasteiger partial charge in [-0.1, -0.05) is 31.5 Å². The molecule has 0 bridgehead atoms. The standard InChI is InChI=1S/C23H30N4O2/c1-3-4-10-22-19(18-9-5-6-11-21(18)29-22)16-26(2)23(28)20-12-14-27(25-20)17-8-7-13-24-15-17/h5-6,9,11-12,14,17,24H,3-4,7-8,10,13,15-16H2,1-2H3. The van der Waals surface area contributed by atoms with Crippen LogP contribution in [0.4, 0.5) is 0 Å². The summed E-state index contributed by atoms with van der Waals surface area (Å²) in [4.78, 5) is 14.8. The Bertz CT molecular complexity index is 968. The van der Waals surface area contributed by atoms with Crippen LogP contribution in [0.5, 0.6) is 0 Å². The molecule has 1 amide bonds. The van der Waals surface area contributed by atoms with Crippen LogP contribution >= 0.6 is 0 Å². The van der Waals surface area contributed by atoms with Crippen LogP contribution in [-0.2, 0) is 13.0 Å². The lowest BCUT2D eigenvalue weighted by atomic mass is 10.1. The molecule has 0 saturated carbocycles. The highest BCUT2D eigenvalue weighted by Crippen LogP contribution is 2.28. The number of carbonyl (C=O) groups is 1. The summed E-state index contributed by atoms with van der Waals surface area (Å²) in [7, 11) is 1.84. The molecule has 0 spiro atoms. The van der Waals surface area contributed by atoms with Crippen molar-refractivity contribution in [2.24, 2.45) is 0 Å². The molecule has 1 fully saturated rings. The summed E-state index contributed by atoms with van der Waals surface area (Å²) >= 11 is 0. The largest absolute Gasteiger partial charge is 0.461 e. The Balaban J connectivity index is 1.52. The molecule has 4 rings (SSSR count). The van der Waals surface area contributed by atoms with Crippen LogP contribution in [0.25, 0.3) is 11.0 Å². The van der Waals surface area contributed by atoms with Gasteiger partial charge in [0.2, 0.25) is 0 Å². The van der Waals surface area contributed by atoms with Gasteiger partial charge in [0, 0.05) is 43.7 Å². The molecule has 154 valence electrons. The molecule has 6 nitrogen and oxygen atoms in total. The minimum atomic E-state index is -0.0563. The number of benzene rings is 1. The SMILES string of the molecule is CCCCc1oc2ccccc2c1CN(C)C(=O)c1ccn(C2CCCNC2)n1. The lowest BCUT2D eigenvalue weighted by Gasteiger charge is -2.23. The van der Waals surface area contributed by atoms with Crippen LogP contribution in [0, 0.1) is 0 Å². The quantitative estimate of drug-likeness (QED) is 0.653. The molecule has 1 unspecified atom stereocenters. The van der Waals surface area contributed by atoms with Gasteiger partial charge in [0.05, 0.1) is 6.04 Å². The van der Waals surface area contributed by atoms with Gasteiger partial charge in [0.15, 0.2) is 0 Å². The van der Waals surface area contributed by atoms with Crippen LogP contribution in [0.3, 0.4) is 0 Å². The number of nitrogens with zero attached hydrogens (tertiary/aromatic N) is 3. The van der Waals surface area contributed by atoms with Crippen molar-refractivity contribution in [1.29, 1.82) is 0 Å². The van der Waals surface area contributed by atoms with Crippen LogP contribution in [0.2, 0.25) is 0 Å². The van der Waals surface area contributed by atoms with Crippen LogP contribution in [0.1, 0.15) is 60.5 Å². The van der Waals surface area contributed by atoms with Gasteiger partial charge >= 0.3 is 0 Å². The zero-order chi connectivity index (χ0) is 20.2. The van der Waals surface area contributed by atoms with Gasteiger partial charge in [0.25, 0.3) is 5.91 Å². The van der Waals surface area contributed by atoms with E-state index in [4.69, 9.17) is 4.42 Å². The van der Waals surface area contributed by atoms with Crippen molar-refractivity contribution in [3.8, 4) is 0 Å². The number of hydrogen-bond donors (Lipinski definition) is 1. The Morgan fingerprint density at radius 2 is 2.21 bits per heavy atom. The number of unbranched alkanes of at least 4 members (excludes halogenated alkanes) is 1. The first-order chi connectivity index (χ1) is 14.2. The number of amides is 1. The Kier molecular flexibility index (Phi) is 6.00. The van der Waals surface area contributed by atoms with Crippen molar-refractivity contribution in [3.05, 3.63) is 53.5 Å². The second-order valence-electron chi connectivity index (χ2n) is 7.95. The Morgan fingerprint density at radius 3 is 3.00 bits per heavy atom. The van der Waals surface area contributed by atoms with E-state index in [-0.39, 0.29) is 5.91 Å². The monoisotopic (exact) mass is 394 g/mol. The molecule has 29 heavy (non-hydrogen) atoms. The van der Waals surface area contributed by atoms with Gasteiger partial charge in [-0.25, -0.2) is 0 Å². The van der Waals surface area contributed by atoms with E-state index >= 15 is 0 Å². The lowest BCUT2D eigenvalue weighted by Crippen LogP contribution is -2.32. The third-order valence-corrected chi connectivity index (χ3v) is 5.75. The number of furan rings is 1. The first-order valence-electron chi connectivity index (χ1n) is 10.7. The molecule has 1 aromatic carbocycles. The highest BCUT2D eigenvalue weighted by atomic mass is 16.3. The van der Waals surface area contributed by atoms with E-state index in [0.29, 0.717) is 18.3 Å². The Labute approximate surface area is 171 Å². The number of para-hydroxylation sites is 1. The number of rotatable bonds is 7. The van der Waals surface area contributed by atoms with E-state index in [1.54, 1.807) is 4.90 Å². The first-order valence-corrected chi connectivity index (χ1v) is 10.7. The van der Waals surface area contributed by atoms with Gasteiger partial charge in [-0.05, 0) is 37.9 Å². The highest BCUT2D eigenvalue weighted by Gasteiger charge is 2.22. The molecule has 0 radical (unpaired) electrons. The van der Waals surface area contributed by atoms with Crippen LogP contribution in [0.15, 0.2) is 40.9 Å². The third-order valence-electron chi connectivity index (χ3n) is 5.75. The van der Waals surface area contributed by atoms with Crippen LogP contribution in [-0.4, -0.2) is 40.7 Å². The van der Waals surface area contributed by atoms with Gasteiger partial charge in [0.1, 0.15) is 17.0 Å². The Hall–Kier alpha value is -2.60. The van der Waals surface area contributed by atoms with E-state index < -0.39 is 0 Å². The molecular formula is C23H30N4O2. The zero-order valence-corrected chi connectivity index (χ0v) is 17.4. The molecule has 0 aliphatic carbocycles. The fourth-order valence-corrected chi connectivity index (χ4v) is 4.08. The average Bonchev–Trinajstić information content (AvgIpc) is 3.38. The number of fused-ring (bicyclic) bond motifs is 1. The minimum Gasteiger partial charge on any atom is -0.461 e. The number of carbonyl (C=O) groups excluding carboxylic acids is 1. The van der Waals surface area contributed by atoms with Crippen molar-refractivity contribution >= 4 is 16.9 Å². The lowest BCUT2D eigenvalue weighted by molar-refractivity contribution is 0.0777. The summed E-state index contributed by atoms with van der Waals surface area (Å²) in [5, 5.41) is 9.07. The number of hydrogen-bond acceptors (Lipinski definition) is 4. The van der Waals surface area contributed by atoms with Crippen molar-refractivity contribution in [1.82, 2.24) is 20.0 Å². The molecule has 1 N–H and O–H groups in total. The van der Waals surface area contributed by atoms with Crippen molar-refractivity contribution in [2.75, 3.05) is 20.1 Å². The zero-order valence-electron chi connectivity index (χ0n) is 17.4. The summed E-state index contributed by atoms with van der Waals surface area (Å²) in [6.07, 6.45) is 7.25. The molecule has 3 aromatic rings. The molecule has 3 heterocycles. The van der Waals surface area contributed by atoms with E-state index in [1.165, 1.54) is 0 Å². The Morgan fingerprint density at radius 1 is 1.34 bits per heavy atom. The second kappa shape index (κ2) is 8.82. The number of piperidine rings is 1. The maximum Gasteiger partial charge on any atom is 0.274 e. The maximum atomic E-state index is 13.0. The molecule has 1 aliphatic heterocycles. The predicted octanol–water partition coefficient (Wildman–Crippen LogP) is 4.17. The molecule has 1 saturated heterocycles. The van der Waals surface area contributed by atoms with Crippen LogP contribution < -0.4 is 5.32 Å². The molecular weight excluding hydrogens is 364 g/mol. The van der Waals surface area contributed by atoms with Crippen molar-refractivity contribution in [3.63, 3.8) is 0 Å². The maximum absolute atomic E-state index is 13.0. The fourth-order valence-electron chi connectivity index (χ4n) is 4.08. The predicted molar refractivity (Wildman–Crippen MR) is 114 cm³/mol. The van der Waals surface area contributed by atoms with E-state index in [2.05, 4.69) is 23.4 Å². The average molecular weight is 395 g/mol. The summed E-state index contributed by atoms with van der Waals surface area (Å²) < 4.78 is 8.04. The summed E-state index contributed by atoms with van der Waals surface area (Å²) in [6.45, 7) is 4.67. The van der Waals surface area contributed by atoms with E-state index in [0.717, 1.165) is 67.5 Å². The van der Waals surface area contributed by atoms with Gasteiger partial charge < -0.3 is 14.6 Å². The van der Waals surface area contributed by atoms with Crippen molar-refractivity contribution < 1.29 is 9.21 Å². The minimum absolute atomic E-state index is 0.0563. The number of nitrogens with one attached hydrogen (secondary N) is 1. The van der Waals surface area contributed by atoms with Gasteiger partial charge in [-0.3, -0.25) is 9.48 Å². The molecule has 1 aliphatic rings. The van der Waals surface area contributed by atoms with Gasteiger partial charge in [-0.15, -0.1) is 0 Å². The van der Waals surface area contributed by atoms with E-state index in [1.807, 2.05) is 42.2 Å². The number of aromatic nitrogens is 2. The molecule has 2 aromatic heterocycles. The number of aryl methyl sites for hydroxylation is 1. The summed E-state index contributed by atoms with van der Waals surface area (Å²) in [5.74, 6) is 0.936. The summed E-state index contributed by atoms with van der Waals surface area (Å²) in [6, 6.07) is 10.2. The third kappa shape index (κ3) is 4.22. The smallest absolute Gasteiger partial charge is 0.274 e. The topological polar surface area (TPSA) is 63.3 Å². The summed E-state index contributed by atoms with van der Waals surface area (Å²) in [5.41, 5.74) is 2.50. The highest BCUT2D eigenvalue weighted by molar-refractivity contribution is 5.92. The normalized spacial score (nSPS) is 17.0. The van der Waals surface area contributed by atoms with E-state index in [9.17, 15) is 4.79 Å². The fraction of sp³-hybridized carbons (Fsp3) is 0.478. The molecule has 1 atom stereocenters.